The number of anilines is 1. The molecule has 4 rings (SSSR count). The van der Waals surface area contributed by atoms with Gasteiger partial charge in [0.25, 0.3) is 0 Å². The van der Waals surface area contributed by atoms with Crippen molar-refractivity contribution in [1.29, 1.82) is 5.26 Å². The number of thiophene rings is 1. The highest BCUT2D eigenvalue weighted by molar-refractivity contribution is 7.18. The van der Waals surface area contributed by atoms with E-state index in [4.69, 9.17) is 19.9 Å². The fraction of sp³-hybridized carbons (Fsp3) is 0.174. The number of benzene rings is 2. The molecular formula is C23H18N2O5S. The molecule has 0 saturated heterocycles. The summed E-state index contributed by atoms with van der Waals surface area (Å²) in [6.07, 6.45) is 0. The Morgan fingerprint density at radius 2 is 1.71 bits per heavy atom. The van der Waals surface area contributed by atoms with Crippen LogP contribution in [0.1, 0.15) is 44.8 Å². The molecule has 1 aromatic heterocycles. The van der Waals surface area contributed by atoms with E-state index in [1.165, 1.54) is 0 Å². The van der Waals surface area contributed by atoms with Gasteiger partial charge in [0.1, 0.15) is 40.0 Å². The van der Waals surface area contributed by atoms with Gasteiger partial charge in [-0.1, -0.05) is 36.4 Å². The number of nitrogens with zero attached hydrogens (tertiary/aromatic N) is 1. The number of hydrogen-bond acceptors (Lipinski definition) is 8. The zero-order chi connectivity index (χ0) is 22.0. The number of fused-ring (bicyclic) bond motifs is 2. The maximum absolute atomic E-state index is 13.2. The van der Waals surface area contributed by atoms with E-state index >= 15 is 0 Å². The highest BCUT2D eigenvalue weighted by Crippen LogP contribution is 2.44. The summed E-state index contributed by atoms with van der Waals surface area (Å²) in [6.45, 7) is 1.58. The van der Waals surface area contributed by atoms with E-state index in [2.05, 4.69) is 0 Å². The van der Waals surface area contributed by atoms with Crippen LogP contribution in [0.4, 0.5) is 5.00 Å². The van der Waals surface area contributed by atoms with Crippen LogP contribution in [0.3, 0.4) is 0 Å². The Labute approximate surface area is 182 Å². The minimum Gasteiger partial charge on any atom is -0.462 e. The Bertz CT molecular complexity index is 1170. The van der Waals surface area contributed by atoms with Gasteiger partial charge in [0.05, 0.1) is 12.2 Å². The van der Waals surface area contributed by atoms with Gasteiger partial charge in [-0.05, 0) is 19.1 Å². The highest BCUT2D eigenvalue weighted by Gasteiger charge is 2.34. The molecule has 7 nitrogen and oxygen atoms in total. The third kappa shape index (κ3) is 3.71. The van der Waals surface area contributed by atoms with Crippen LogP contribution in [0, 0.1) is 11.3 Å². The number of ether oxygens (including phenoxy) is 3. The average Bonchev–Trinajstić information content (AvgIpc) is 3.11. The first-order chi connectivity index (χ1) is 15.0. The lowest BCUT2D eigenvalue weighted by atomic mass is 9.88. The average molecular weight is 434 g/mol. The molecule has 0 saturated carbocycles. The minimum atomic E-state index is -0.700. The second-order valence-electron chi connectivity index (χ2n) is 6.70. The maximum atomic E-state index is 13.2. The van der Waals surface area contributed by atoms with Crippen LogP contribution in [0.15, 0.2) is 48.5 Å². The summed E-state index contributed by atoms with van der Waals surface area (Å²) in [5, 5.41) is 9.65. The lowest BCUT2D eigenvalue weighted by molar-refractivity contribution is -0.145. The molecule has 2 N–H and O–H groups in total. The van der Waals surface area contributed by atoms with Crippen LogP contribution in [0.25, 0.3) is 0 Å². The van der Waals surface area contributed by atoms with Crippen molar-refractivity contribution in [2.45, 2.75) is 19.4 Å². The molecule has 3 aromatic rings. The number of para-hydroxylation sites is 2. The number of nitrogens with two attached hydrogens (primary N) is 1. The monoisotopic (exact) mass is 434 g/mol. The van der Waals surface area contributed by atoms with Crippen LogP contribution in [0.2, 0.25) is 0 Å². The van der Waals surface area contributed by atoms with Crippen molar-refractivity contribution in [3.63, 3.8) is 0 Å². The van der Waals surface area contributed by atoms with E-state index in [0.29, 0.717) is 22.6 Å². The number of hydrogen-bond donors (Lipinski definition) is 1. The third-order valence-electron chi connectivity index (χ3n) is 4.88. The van der Waals surface area contributed by atoms with Crippen molar-refractivity contribution in [3.05, 3.63) is 75.7 Å². The Morgan fingerprint density at radius 3 is 2.29 bits per heavy atom. The molecule has 156 valence electrons. The Balaban J connectivity index is 1.65. The topological polar surface area (TPSA) is 112 Å². The summed E-state index contributed by atoms with van der Waals surface area (Å²) < 4.78 is 16.6. The molecule has 0 unspecified atom stereocenters. The number of nitrogen functional groups attached to an aromatic ring is 1. The van der Waals surface area contributed by atoms with Crippen LogP contribution in [-0.2, 0) is 20.9 Å². The summed E-state index contributed by atoms with van der Waals surface area (Å²) in [4.78, 5) is 25.7. The van der Waals surface area contributed by atoms with E-state index in [1.54, 1.807) is 19.1 Å². The quantitative estimate of drug-likeness (QED) is 0.594. The molecule has 0 atom stereocenters. The van der Waals surface area contributed by atoms with E-state index in [1.807, 2.05) is 42.5 Å². The largest absolute Gasteiger partial charge is 0.462 e. The van der Waals surface area contributed by atoms with Gasteiger partial charge < -0.3 is 19.9 Å². The molecule has 31 heavy (non-hydrogen) atoms. The van der Waals surface area contributed by atoms with Crippen LogP contribution < -0.4 is 10.5 Å². The summed E-state index contributed by atoms with van der Waals surface area (Å²) in [5.74, 6) is -0.672. The van der Waals surface area contributed by atoms with Gasteiger partial charge >= 0.3 is 11.9 Å². The normalized spacial score (nSPS) is 12.1. The second-order valence-corrected chi connectivity index (χ2v) is 7.75. The number of nitriles is 1. The lowest BCUT2D eigenvalue weighted by Gasteiger charge is -2.26. The third-order valence-corrected chi connectivity index (χ3v) is 5.92. The summed E-state index contributed by atoms with van der Waals surface area (Å²) in [5.41, 5.74) is 7.63. The number of rotatable bonds is 5. The van der Waals surface area contributed by atoms with Gasteiger partial charge in [-0.15, -0.1) is 11.3 Å². The SMILES string of the molecule is CCOC(=O)c1sc(N)c(C#N)c1COC(=O)C1c2ccccc2Oc2ccccc21. The molecule has 2 heterocycles. The van der Waals surface area contributed by atoms with Crippen molar-refractivity contribution < 1.29 is 23.8 Å². The predicted molar refractivity (Wildman–Crippen MR) is 114 cm³/mol. The molecule has 0 amide bonds. The number of esters is 2. The molecule has 1 aliphatic heterocycles. The van der Waals surface area contributed by atoms with Crippen LogP contribution in [-0.4, -0.2) is 18.5 Å². The van der Waals surface area contributed by atoms with Gasteiger partial charge in [-0.25, -0.2) is 4.79 Å². The summed E-state index contributed by atoms with van der Waals surface area (Å²) in [6, 6.07) is 16.5. The first-order valence-corrected chi connectivity index (χ1v) is 10.4. The molecule has 2 aromatic carbocycles. The Morgan fingerprint density at radius 1 is 1.10 bits per heavy atom. The second kappa shape index (κ2) is 8.50. The van der Waals surface area contributed by atoms with E-state index < -0.39 is 17.9 Å². The first kappa shape index (κ1) is 20.4. The van der Waals surface area contributed by atoms with Crippen molar-refractivity contribution in [2.24, 2.45) is 0 Å². The summed E-state index contributed by atoms with van der Waals surface area (Å²) >= 11 is 0.947. The molecular weight excluding hydrogens is 416 g/mol. The van der Waals surface area contributed by atoms with E-state index in [-0.39, 0.29) is 34.2 Å². The van der Waals surface area contributed by atoms with Crippen molar-refractivity contribution in [1.82, 2.24) is 0 Å². The van der Waals surface area contributed by atoms with Gasteiger partial charge in [0, 0.05) is 16.7 Å². The van der Waals surface area contributed by atoms with E-state index in [0.717, 1.165) is 11.3 Å². The van der Waals surface area contributed by atoms with Crippen molar-refractivity contribution in [2.75, 3.05) is 12.3 Å². The molecule has 0 radical (unpaired) electrons. The van der Waals surface area contributed by atoms with Gasteiger partial charge in [-0.3, -0.25) is 4.79 Å². The minimum absolute atomic E-state index is 0.119. The number of carbonyl (C=O) groups excluding carboxylic acids is 2. The fourth-order valence-electron chi connectivity index (χ4n) is 3.50. The predicted octanol–water partition coefficient (Wildman–Crippen LogP) is 4.36. The first-order valence-electron chi connectivity index (χ1n) is 9.55. The van der Waals surface area contributed by atoms with Crippen LogP contribution >= 0.6 is 11.3 Å². The number of carbonyl (C=O) groups is 2. The van der Waals surface area contributed by atoms with Gasteiger partial charge in [0.15, 0.2) is 0 Å². The van der Waals surface area contributed by atoms with Crippen LogP contribution in [0.5, 0.6) is 11.5 Å². The smallest absolute Gasteiger partial charge is 0.348 e. The molecule has 1 aliphatic rings. The van der Waals surface area contributed by atoms with Gasteiger partial charge in [0.2, 0.25) is 0 Å². The lowest BCUT2D eigenvalue weighted by Crippen LogP contribution is -2.21. The molecule has 8 heteroatoms. The standard InChI is InChI=1S/C23H18N2O5S/c1-2-28-23(27)20-16(15(11-24)21(25)31-20)12-29-22(26)19-13-7-3-5-9-17(13)30-18-10-6-4-8-14(18)19/h3-10,19H,2,12,25H2,1H3. The highest BCUT2D eigenvalue weighted by atomic mass is 32.1. The molecule has 0 aliphatic carbocycles. The maximum Gasteiger partial charge on any atom is 0.348 e. The van der Waals surface area contributed by atoms with Gasteiger partial charge in [-0.2, -0.15) is 5.26 Å². The molecule has 0 bridgehead atoms. The Kier molecular flexibility index (Phi) is 5.60. The van der Waals surface area contributed by atoms with Crippen molar-refractivity contribution >= 4 is 28.3 Å². The Hall–Kier alpha value is -3.83. The molecule has 0 spiro atoms. The van der Waals surface area contributed by atoms with Crippen molar-refractivity contribution in [3.8, 4) is 17.6 Å². The van der Waals surface area contributed by atoms with E-state index in [9.17, 15) is 14.9 Å². The molecule has 0 fully saturated rings. The fourth-order valence-corrected chi connectivity index (χ4v) is 4.41. The zero-order valence-electron chi connectivity index (χ0n) is 16.6. The zero-order valence-corrected chi connectivity index (χ0v) is 17.4. The summed E-state index contributed by atoms with van der Waals surface area (Å²) in [7, 11) is 0.